The Morgan fingerprint density at radius 3 is 2.60 bits per heavy atom. The topological polar surface area (TPSA) is 100 Å². The molecule has 1 spiro atoms. The highest BCUT2D eigenvalue weighted by Gasteiger charge is 2.50. The molecule has 2 atom stereocenters. The predicted octanol–water partition coefficient (Wildman–Crippen LogP) is 3.85. The molecule has 5 rings (SSSR count). The molecule has 3 aromatic rings. The van der Waals surface area contributed by atoms with Crippen molar-refractivity contribution < 1.29 is 9.21 Å². The first-order valence-corrected chi connectivity index (χ1v) is 12.5. The van der Waals surface area contributed by atoms with Gasteiger partial charge in [0.15, 0.2) is 5.58 Å². The average Bonchev–Trinajstić information content (AvgIpc) is 3.15. The number of aromatic nitrogens is 1. The van der Waals surface area contributed by atoms with E-state index in [0.717, 1.165) is 47.9 Å². The molecule has 0 bridgehead atoms. The molecule has 1 saturated heterocycles. The van der Waals surface area contributed by atoms with E-state index in [0.29, 0.717) is 23.5 Å². The Hall–Kier alpha value is -3.28. The van der Waals surface area contributed by atoms with Crippen molar-refractivity contribution in [2.24, 2.45) is 18.9 Å². The number of fused-ring (bicyclic) bond motifs is 1. The van der Waals surface area contributed by atoms with Crippen molar-refractivity contribution in [1.29, 1.82) is 5.26 Å². The molecular weight excluding hydrogens is 460 g/mol. The van der Waals surface area contributed by atoms with E-state index < -0.39 is 5.92 Å². The van der Waals surface area contributed by atoms with Gasteiger partial charge in [-0.05, 0) is 48.1 Å². The molecule has 35 heavy (non-hydrogen) atoms. The summed E-state index contributed by atoms with van der Waals surface area (Å²) in [5, 5.41) is 16.1. The Bertz CT molecular complexity index is 1380. The molecule has 2 aromatic carbocycles. The number of hydrogen-bond acceptors (Lipinski definition) is 6. The maximum atomic E-state index is 12.9. The number of hydrogen-bond donors (Lipinski definition) is 2. The van der Waals surface area contributed by atoms with Crippen molar-refractivity contribution in [1.82, 2.24) is 15.2 Å². The number of aryl methyl sites for hydroxylation is 1. The normalized spacial score (nSPS) is 19.6. The highest BCUT2D eigenvalue weighted by Crippen LogP contribution is 2.40. The van der Waals surface area contributed by atoms with Crippen LogP contribution in [0.5, 0.6) is 0 Å². The van der Waals surface area contributed by atoms with E-state index in [1.807, 2.05) is 36.4 Å². The van der Waals surface area contributed by atoms with Crippen molar-refractivity contribution in [2.75, 3.05) is 6.54 Å². The van der Waals surface area contributed by atoms with E-state index in [1.165, 1.54) is 11.0 Å². The molecule has 2 N–H and O–H groups in total. The zero-order valence-corrected chi connectivity index (χ0v) is 20.5. The Morgan fingerprint density at radius 2 is 1.94 bits per heavy atom. The number of carbonyl (C=O) groups is 1. The van der Waals surface area contributed by atoms with Gasteiger partial charge in [-0.15, -0.1) is 0 Å². The third-order valence-electron chi connectivity index (χ3n) is 7.62. The first-order valence-electron chi connectivity index (χ1n) is 12.1. The SMILES string of the molecule is Cn1c(=O)oc2ccc(-c3ccc(C[C@@H](C#N)C(=S)NC(=O)C4CNC45CCCCC5)cc3)cc21. The summed E-state index contributed by atoms with van der Waals surface area (Å²) in [5.41, 5.74) is 4.12. The number of nitriles is 1. The molecule has 8 heteroatoms. The van der Waals surface area contributed by atoms with E-state index in [1.54, 1.807) is 13.1 Å². The van der Waals surface area contributed by atoms with Crippen molar-refractivity contribution in [3.05, 3.63) is 58.6 Å². The summed E-state index contributed by atoms with van der Waals surface area (Å²) in [4.78, 5) is 25.0. The summed E-state index contributed by atoms with van der Waals surface area (Å²) >= 11 is 5.48. The smallest absolute Gasteiger partial charge is 0.408 e. The van der Waals surface area contributed by atoms with E-state index in [4.69, 9.17) is 16.6 Å². The maximum absolute atomic E-state index is 12.9. The molecule has 1 unspecified atom stereocenters. The highest BCUT2D eigenvalue weighted by atomic mass is 32.1. The number of oxazole rings is 1. The van der Waals surface area contributed by atoms with Crippen LogP contribution in [-0.4, -0.2) is 27.5 Å². The third-order valence-corrected chi connectivity index (χ3v) is 8.01. The van der Waals surface area contributed by atoms with Crippen LogP contribution < -0.4 is 16.4 Å². The van der Waals surface area contributed by atoms with Crippen molar-refractivity contribution in [3.63, 3.8) is 0 Å². The van der Waals surface area contributed by atoms with Gasteiger partial charge in [0.05, 0.1) is 22.5 Å². The number of amides is 1. The van der Waals surface area contributed by atoms with Crippen molar-refractivity contribution in [2.45, 2.75) is 44.1 Å². The van der Waals surface area contributed by atoms with E-state index in [2.05, 4.69) is 16.7 Å². The second kappa shape index (κ2) is 9.40. The van der Waals surface area contributed by atoms with Crippen LogP contribution in [0.2, 0.25) is 0 Å². The first-order chi connectivity index (χ1) is 16.9. The van der Waals surface area contributed by atoms with Gasteiger partial charge in [0.25, 0.3) is 0 Å². The minimum Gasteiger partial charge on any atom is -0.408 e. The Morgan fingerprint density at radius 1 is 1.23 bits per heavy atom. The van der Waals surface area contributed by atoms with E-state index in [9.17, 15) is 14.9 Å². The lowest BCUT2D eigenvalue weighted by atomic mass is 9.67. The molecule has 1 saturated carbocycles. The van der Waals surface area contributed by atoms with E-state index >= 15 is 0 Å². The molecule has 1 aliphatic carbocycles. The molecule has 1 aliphatic heterocycles. The quantitative estimate of drug-likeness (QED) is 0.529. The van der Waals surface area contributed by atoms with Gasteiger partial charge in [-0.1, -0.05) is 61.8 Å². The number of benzene rings is 2. The Labute approximate surface area is 209 Å². The van der Waals surface area contributed by atoms with Crippen LogP contribution in [0.3, 0.4) is 0 Å². The molecule has 7 nitrogen and oxygen atoms in total. The largest absolute Gasteiger partial charge is 0.419 e. The molecule has 1 aromatic heterocycles. The number of rotatable bonds is 5. The number of carbonyl (C=O) groups excluding carboxylic acids is 1. The van der Waals surface area contributed by atoms with Crippen LogP contribution in [-0.2, 0) is 18.3 Å². The van der Waals surface area contributed by atoms with Gasteiger partial charge < -0.3 is 15.1 Å². The van der Waals surface area contributed by atoms with Crippen LogP contribution in [0, 0.1) is 23.2 Å². The van der Waals surface area contributed by atoms with Gasteiger partial charge in [-0.2, -0.15) is 5.26 Å². The van der Waals surface area contributed by atoms with Crippen molar-refractivity contribution in [3.8, 4) is 17.2 Å². The standard InChI is InChI=1S/C27H28N4O3S/c1-31-22-14-19(9-10-23(22)34-26(31)33)18-7-5-17(6-8-18)13-20(15-28)25(35)30-24(32)21-16-29-27(21)11-3-2-4-12-27/h5-10,14,20-21,29H,2-4,11-13,16H2,1H3,(H,30,32,35)/t20-,21?/m0/s1. The number of nitrogens with zero attached hydrogens (tertiary/aromatic N) is 2. The van der Waals surface area contributed by atoms with Gasteiger partial charge in [0.2, 0.25) is 5.91 Å². The molecule has 2 fully saturated rings. The number of nitrogens with one attached hydrogen (secondary N) is 2. The first kappa shape index (κ1) is 23.5. The second-order valence-corrected chi connectivity index (χ2v) is 10.1. The molecule has 180 valence electrons. The summed E-state index contributed by atoms with van der Waals surface area (Å²) in [7, 11) is 1.68. The van der Waals surface area contributed by atoms with Gasteiger partial charge in [0.1, 0.15) is 5.92 Å². The summed E-state index contributed by atoms with van der Waals surface area (Å²) in [6.07, 6.45) is 5.99. The molecule has 2 aliphatic rings. The maximum Gasteiger partial charge on any atom is 0.419 e. The molecular formula is C27H28N4O3S. The van der Waals surface area contributed by atoms with Crippen LogP contribution >= 0.6 is 12.2 Å². The lowest BCUT2D eigenvalue weighted by molar-refractivity contribution is -0.131. The highest BCUT2D eigenvalue weighted by molar-refractivity contribution is 7.80. The number of thiocarbonyl (C=S) groups is 1. The zero-order valence-electron chi connectivity index (χ0n) is 19.7. The monoisotopic (exact) mass is 488 g/mol. The predicted molar refractivity (Wildman–Crippen MR) is 138 cm³/mol. The fourth-order valence-electron chi connectivity index (χ4n) is 5.41. The molecule has 1 amide bonds. The van der Waals surface area contributed by atoms with Crippen LogP contribution in [0.1, 0.15) is 37.7 Å². The van der Waals surface area contributed by atoms with Crippen LogP contribution in [0.4, 0.5) is 0 Å². The Balaban J connectivity index is 1.24. The van der Waals surface area contributed by atoms with Crippen molar-refractivity contribution >= 4 is 34.2 Å². The van der Waals surface area contributed by atoms with Crippen LogP contribution in [0.25, 0.3) is 22.2 Å². The summed E-state index contributed by atoms with van der Waals surface area (Å²) in [6, 6.07) is 15.8. The Kier molecular flexibility index (Phi) is 6.30. The molecule has 2 heterocycles. The van der Waals surface area contributed by atoms with E-state index in [-0.39, 0.29) is 23.1 Å². The van der Waals surface area contributed by atoms with Gasteiger partial charge in [-0.25, -0.2) is 4.79 Å². The summed E-state index contributed by atoms with van der Waals surface area (Å²) in [6.45, 7) is 0.673. The van der Waals surface area contributed by atoms with Gasteiger partial charge in [-0.3, -0.25) is 9.36 Å². The molecule has 0 radical (unpaired) electrons. The van der Waals surface area contributed by atoms with Gasteiger partial charge >= 0.3 is 5.76 Å². The fraction of sp³-hybridized carbons (Fsp3) is 0.407. The van der Waals surface area contributed by atoms with Crippen LogP contribution in [0.15, 0.2) is 51.7 Å². The lowest BCUT2D eigenvalue weighted by Gasteiger charge is -2.52. The summed E-state index contributed by atoms with van der Waals surface area (Å²) < 4.78 is 6.69. The zero-order chi connectivity index (χ0) is 24.6. The second-order valence-electron chi connectivity index (χ2n) is 9.70. The third kappa shape index (κ3) is 4.42. The minimum absolute atomic E-state index is 0.0599. The lowest BCUT2D eigenvalue weighted by Crippen LogP contribution is -2.70. The van der Waals surface area contributed by atoms with Gasteiger partial charge in [0, 0.05) is 19.1 Å². The average molecular weight is 489 g/mol. The minimum atomic E-state index is -0.577. The summed E-state index contributed by atoms with van der Waals surface area (Å²) in [5.74, 6) is -1.10. The fourth-order valence-corrected chi connectivity index (χ4v) is 5.65.